The molecule has 0 aliphatic heterocycles. The fourth-order valence-corrected chi connectivity index (χ4v) is 1.61. The zero-order chi connectivity index (χ0) is 13.1. The number of nitrogens with zero attached hydrogens (tertiary/aromatic N) is 1. The van der Waals surface area contributed by atoms with Gasteiger partial charge >= 0.3 is 6.61 Å². The van der Waals surface area contributed by atoms with Crippen molar-refractivity contribution in [2.45, 2.75) is 6.61 Å². The first kappa shape index (κ1) is 12.7. The van der Waals surface area contributed by atoms with Crippen LogP contribution in [0.15, 0.2) is 36.5 Å². The van der Waals surface area contributed by atoms with Gasteiger partial charge in [0.15, 0.2) is 0 Å². The Balaban J connectivity index is 2.51. The molecule has 0 spiro atoms. The smallest absolute Gasteiger partial charge is 0.387 e. The Morgan fingerprint density at radius 3 is 2.56 bits per heavy atom. The molecule has 2 aromatic rings. The molecule has 6 heteroatoms. The third-order valence-corrected chi connectivity index (χ3v) is 2.43. The molecule has 0 aliphatic rings. The predicted molar refractivity (Wildman–Crippen MR) is 61.3 cm³/mol. The Labute approximate surface area is 106 Å². The minimum atomic E-state index is -3.02. The molecule has 0 bridgehead atoms. The van der Waals surface area contributed by atoms with E-state index in [-0.39, 0.29) is 16.5 Å². The van der Waals surface area contributed by atoms with Gasteiger partial charge in [-0.2, -0.15) is 8.78 Å². The van der Waals surface area contributed by atoms with Gasteiger partial charge in [0.05, 0.1) is 5.56 Å². The molecule has 94 valence electrons. The van der Waals surface area contributed by atoms with E-state index < -0.39 is 12.4 Å². The van der Waals surface area contributed by atoms with Crippen molar-refractivity contribution >= 4 is 11.6 Å². The molecular formula is C12H7ClF3NO. The van der Waals surface area contributed by atoms with Crippen molar-refractivity contribution in [2.75, 3.05) is 0 Å². The molecule has 18 heavy (non-hydrogen) atoms. The molecule has 1 aromatic carbocycles. The fourth-order valence-electron chi connectivity index (χ4n) is 1.50. The summed E-state index contributed by atoms with van der Waals surface area (Å²) in [6, 6.07) is 6.63. The second kappa shape index (κ2) is 5.27. The largest absolute Gasteiger partial charge is 0.434 e. The molecule has 0 aliphatic carbocycles. The van der Waals surface area contributed by atoms with Crippen molar-refractivity contribution in [1.82, 2.24) is 4.98 Å². The number of aromatic nitrogens is 1. The average molecular weight is 274 g/mol. The zero-order valence-electron chi connectivity index (χ0n) is 8.91. The number of pyridine rings is 1. The average Bonchev–Trinajstić information content (AvgIpc) is 2.30. The summed E-state index contributed by atoms with van der Waals surface area (Å²) < 4.78 is 42.4. The predicted octanol–water partition coefficient (Wildman–Crippen LogP) is 4.14. The minimum absolute atomic E-state index is 0.0676. The van der Waals surface area contributed by atoms with E-state index in [4.69, 9.17) is 11.6 Å². The molecule has 2 nitrogen and oxygen atoms in total. The number of benzene rings is 1. The van der Waals surface area contributed by atoms with Gasteiger partial charge in [-0.3, -0.25) is 0 Å². The Bertz CT molecular complexity index is 546. The summed E-state index contributed by atoms with van der Waals surface area (Å²) in [6.07, 6.45) is 1.29. The van der Waals surface area contributed by atoms with Gasteiger partial charge in [-0.15, -0.1) is 0 Å². The van der Waals surface area contributed by atoms with Gasteiger partial charge in [0.2, 0.25) is 0 Å². The first-order valence-electron chi connectivity index (χ1n) is 4.93. The lowest BCUT2D eigenvalue weighted by atomic mass is 10.1. The van der Waals surface area contributed by atoms with Crippen LogP contribution in [0.1, 0.15) is 0 Å². The third-order valence-electron chi connectivity index (χ3n) is 2.21. The summed E-state index contributed by atoms with van der Waals surface area (Å²) in [5.41, 5.74) is 0.245. The number of hydrogen-bond acceptors (Lipinski definition) is 2. The van der Waals surface area contributed by atoms with Gasteiger partial charge in [-0.05, 0) is 24.3 Å². The molecule has 0 fully saturated rings. The fraction of sp³-hybridized carbons (Fsp3) is 0.0833. The van der Waals surface area contributed by atoms with E-state index in [1.807, 2.05) is 0 Å². The van der Waals surface area contributed by atoms with Crippen molar-refractivity contribution in [3.8, 4) is 16.9 Å². The van der Waals surface area contributed by atoms with E-state index in [1.165, 1.54) is 30.5 Å². The molecule has 1 heterocycles. The monoisotopic (exact) mass is 273 g/mol. The van der Waals surface area contributed by atoms with Gasteiger partial charge in [-0.1, -0.05) is 17.7 Å². The van der Waals surface area contributed by atoms with Gasteiger partial charge in [0.25, 0.3) is 0 Å². The van der Waals surface area contributed by atoms with Crippen molar-refractivity contribution < 1.29 is 17.9 Å². The molecule has 0 saturated heterocycles. The molecule has 0 N–H and O–H groups in total. The van der Waals surface area contributed by atoms with E-state index in [2.05, 4.69) is 9.72 Å². The van der Waals surface area contributed by atoms with E-state index in [1.54, 1.807) is 0 Å². The topological polar surface area (TPSA) is 22.1 Å². The molecule has 0 radical (unpaired) electrons. The highest BCUT2D eigenvalue weighted by atomic mass is 35.5. The minimum Gasteiger partial charge on any atom is -0.434 e. The quantitative estimate of drug-likeness (QED) is 0.784. The Hall–Kier alpha value is -1.75. The molecule has 1 aromatic heterocycles. The van der Waals surface area contributed by atoms with Crippen LogP contribution in [0.25, 0.3) is 11.1 Å². The van der Waals surface area contributed by atoms with E-state index in [0.29, 0.717) is 5.56 Å². The summed E-state index contributed by atoms with van der Waals surface area (Å²) in [6.45, 7) is -3.02. The molecule has 0 unspecified atom stereocenters. The zero-order valence-corrected chi connectivity index (χ0v) is 9.66. The summed E-state index contributed by atoms with van der Waals surface area (Å²) in [7, 11) is 0. The Morgan fingerprint density at radius 2 is 1.94 bits per heavy atom. The standard InChI is InChI=1S/C12H7ClF3NO/c13-10-5-4-7(6-17-10)11-8(14)2-1-3-9(11)18-12(15)16/h1-6,12H. The van der Waals surface area contributed by atoms with Crippen LogP contribution in [-0.2, 0) is 0 Å². The molecule has 0 atom stereocenters. The van der Waals surface area contributed by atoms with E-state index >= 15 is 0 Å². The highest BCUT2D eigenvalue weighted by Crippen LogP contribution is 2.33. The summed E-state index contributed by atoms with van der Waals surface area (Å²) in [4.78, 5) is 3.77. The number of ether oxygens (including phenoxy) is 1. The van der Waals surface area contributed by atoms with E-state index in [0.717, 1.165) is 6.07 Å². The van der Waals surface area contributed by atoms with Crippen molar-refractivity contribution in [2.24, 2.45) is 0 Å². The number of rotatable bonds is 3. The van der Waals surface area contributed by atoms with Crippen molar-refractivity contribution in [3.63, 3.8) is 0 Å². The van der Waals surface area contributed by atoms with Crippen LogP contribution in [-0.4, -0.2) is 11.6 Å². The Kier molecular flexibility index (Phi) is 3.72. The van der Waals surface area contributed by atoms with Crippen molar-refractivity contribution in [3.05, 3.63) is 47.5 Å². The maximum Gasteiger partial charge on any atom is 0.387 e. The highest BCUT2D eigenvalue weighted by molar-refractivity contribution is 6.29. The van der Waals surface area contributed by atoms with Crippen LogP contribution in [0.4, 0.5) is 13.2 Å². The molecular weight excluding hydrogens is 267 g/mol. The van der Waals surface area contributed by atoms with Gasteiger partial charge < -0.3 is 4.74 Å². The van der Waals surface area contributed by atoms with Crippen molar-refractivity contribution in [1.29, 1.82) is 0 Å². The summed E-state index contributed by atoms with van der Waals surface area (Å²) >= 11 is 5.61. The lowest BCUT2D eigenvalue weighted by Crippen LogP contribution is -2.04. The maximum atomic E-state index is 13.7. The van der Waals surface area contributed by atoms with Gasteiger partial charge in [-0.25, -0.2) is 9.37 Å². The van der Waals surface area contributed by atoms with Crippen LogP contribution in [0.5, 0.6) is 5.75 Å². The number of halogens is 4. The second-order valence-corrected chi connectivity index (χ2v) is 3.75. The SMILES string of the molecule is Fc1cccc(OC(F)F)c1-c1ccc(Cl)nc1. The number of hydrogen-bond donors (Lipinski definition) is 0. The molecule has 0 amide bonds. The lowest BCUT2D eigenvalue weighted by molar-refractivity contribution is -0.0495. The summed E-state index contributed by atoms with van der Waals surface area (Å²) in [5, 5.41) is 0.228. The van der Waals surface area contributed by atoms with Gasteiger partial charge in [0.1, 0.15) is 16.7 Å². The normalized spacial score (nSPS) is 10.7. The third kappa shape index (κ3) is 2.73. The Morgan fingerprint density at radius 1 is 1.17 bits per heavy atom. The first-order chi connectivity index (χ1) is 8.58. The van der Waals surface area contributed by atoms with E-state index in [9.17, 15) is 13.2 Å². The second-order valence-electron chi connectivity index (χ2n) is 3.36. The van der Waals surface area contributed by atoms with Crippen LogP contribution < -0.4 is 4.74 Å². The van der Waals surface area contributed by atoms with Crippen LogP contribution in [0.2, 0.25) is 5.15 Å². The highest BCUT2D eigenvalue weighted by Gasteiger charge is 2.15. The number of alkyl halides is 2. The first-order valence-corrected chi connectivity index (χ1v) is 5.31. The molecule has 0 saturated carbocycles. The lowest BCUT2D eigenvalue weighted by Gasteiger charge is -2.11. The van der Waals surface area contributed by atoms with Crippen LogP contribution >= 0.6 is 11.6 Å². The van der Waals surface area contributed by atoms with Crippen LogP contribution in [0.3, 0.4) is 0 Å². The van der Waals surface area contributed by atoms with Crippen LogP contribution in [0, 0.1) is 5.82 Å². The van der Waals surface area contributed by atoms with Gasteiger partial charge in [0, 0.05) is 11.8 Å². The molecule has 2 rings (SSSR count). The maximum absolute atomic E-state index is 13.7. The summed E-state index contributed by atoms with van der Waals surface area (Å²) in [5.74, 6) is -0.911.